The van der Waals surface area contributed by atoms with Crippen molar-refractivity contribution in [3.8, 4) is 17.1 Å². The highest BCUT2D eigenvalue weighted by Gasteiger charge is 2.12. The van der Waals surface area contributed by atoms with Crippen LogP contribution in [0.5, 0.6) is 5.88 Å². The highest BCUT2D eigenvalue weighted by Crippen LogP contribution is 2.28. The van der Waals surface area contributed by atoms with Gasteiger partial charge in [0.2, 0.25) is 5.88 Å². The summed E-state index contributed by atoms with van der Waals surface area (Å²) in [7, 11) is 1.72. The van der Waals surface area contributed by atoms with E-state index in [-0.39, 0.29) is 12.4 Å². The molecule has 0 bridgehead atoms. The molecule has 0 spiro atoms. The number of rotatable bonds is 8. The SMILES string of the molecule is CCOc1ncccc1-c1cc(NCC(=N)/N=C\NC)cc(C(C)=N)n1. The summed E-state index contributed by atoms with van der Waals surface area (Å²) < 4.78 is 5.59. The largest absolute Gasteiger partial charge is 0.477 e. The van der Waals surface area contributed by atoms with Crippen molar-refractivity contribution in [3.63, 3.8) is 0 Å². The third-order valence-electron chi connectivity index (χ3n) is 3.35. The van der Waals surface area contributed by atoms with Gasteiger partial charge in [-0.2, -0.15) is 0 Å². The third kappa shape index (κ3) is 5.10. The average Bonchev–Trinajstić information content (AvgIpc) is 2.65. The second kappa shape index (κ2) is 9.26. The van der Waals surface area contributed by atoms with Gasteiger partial charge in [-0.15, -0.1) is 0 Å². The first-order valence-corrected chi connectivity index (χ1v) is 8.22. The van der Waals surface area contributed by atoms with E-state index < -0.39 is 0 Å². The molecule has 0 amide bonds. The molecule has 2 rings (SSSR count). The molecule has 4 N–H and O–H groups in total. The van der Waals surface area contributed by atoms with Crippen molar-refractivity contribution in [1.29, 1.82) is 10.8 Å². The summed E-state index contributed by atoms with van der Waals surface area (Å²) in [4.78, 5) is 12.7. The monoisotopic (exact) mass is 353 g/mol. The molecule has 2 aromatic heterocycles. The van der Waals surface area contributed by atoms with Gasteiger partial charge in [0.25, 0.3) is 0 Å². The number of anilines is 1. The lowest BCUT2D eigenvalue weighted by atomic mass is 10.1. The highest BCUT2D eigenvalue weighted by atomic mass is 16.5. The molecular weight excluding hydrogens is 330 g/mol. The van der Waals surface area contributed by atoms with Crippen LogP contribution in [0.4, 0.5) is 5.69 Å². The van der Waals surface area contributed by atoms with Crippen LogP contribution >= 0.6 is 0 Å². The van der Waals surface area contributed by atoms with Crippen LogP contribution in [0.25, 0.3) is 11.3 Å². The van der Waals surface area contributed by atoms with E-state index in [2.05, 4.69) is 25.6 Å². The molecule has 0 aliphatic carbocycles. The van der Waals surface area contributed by atoms with Gasteiger partial charge in [0.15, 0.2) is 0 Å². The molecule has 0 aliphatic heterocycles. The number of nitrogens with one attached hydrogen (secondary N) is 4. The molecule has 0 saturated heterocycles. The standard InChI is InChI=1S/C18H23N7O/c1-4-26-18-14(6-5-7-22-18)16-9-13(8-15(25-16)12(2)19)23-10-17(20)24-11-21-3/h5-9,11,19H,4,10H2,1-3H3,(H,23,25)(H2,20,21,24). The molecule has 8 heteroatoms. The lowest BCUT2D eigenvalue weighted by Crippen LogP contribution is -2.14. The minimum absolute atomic E-state index is 0.183. The zero-order valence-electron chi connectivity index (χ0n) is 15.1. The Kier molecular flexibility index (Phi) is 6.78. The Balaban J connectivity index is 2.36. The summed E-state index contributed by atoms with van der Waals surface area (Å²) in [5.74, 6) is 0.682. The van der Waals surface area contributed by atoms with Crippen LogP contribution in [-0.2, 0) is 0 Å². The lowest BCUT2D eigenvalue weighted by Gasteiger charge is -2.12. The van der Waals surface area contributed by atoms with Crippen LogP contribution in [0.2, 0.25) is 0 Å². The molecule has 26 heavy (non-hydrogen) atoms. The zero-order valence-corrected chi connectivity index (χ0v) is 15.1. The average molecular weight is 353 g/mol. The van der Waals surface area contributed by atoms with Gasteiger partial charge < -0.3 is 20.8 Å². The van der Waals surface area contributed by atoms with Gasteiger partial charge in [0, 0.05) is 18.9 Å². The molecule has 0 unspecified atom stereocenters. The maximum Gasteiger partial charge on any atom is 0.222 e. The fourth-order valence-corrected chi connectivity index (χ4v) is 2.17. The van der Waals surface area contributed by atoms with Crippen LogP contribution in [0.1, 0.15) is 19.5 Å². The number of nitrogens with zero attached hydrogens (tertiary/aromatic N) is 3. The van der Waals surface area contributed by atoms with Crippen LogP contribution in [0.3, 0.4) is 0 Å². The maximum absolute atomic E-state index is 7.92. The first-order chi connectivity index (χ1) is 12.5. The molecule has 2 heterocycles. The molecular formula is C18H23N7O. The number of pyridine rings is 2. The normalized spacial score (nSPS) is 10.6. The first kappa shape index (κ1) is 19.0. The molecule has 0 fully saturated rings. The van der Waals surface area contributed by atoms with Crippen molar-refractivity contribution in [3.05, 3.63) is 36.2 Å². The molecule has 0 aliphatic rings. The third-order valence-corrected chi connectivity index (χ3v) is 3.35. The van der Waals surface area contributed by atoms with E-state index in [0.29, 0.717) is 29.6 Å². The summed E-state index contributed by atoms with van der Waals surface area (Å²) in [5, 5.41) is 21.6. The van der Waals surface area contributed by atoms with Crippen molar-refractivity contribution < 1.29 is 4.74 Å². The van der Waals surface area contributed by atoms with Gasteiger partial charge in [0.1, 0.15) is 5.84 Å². The predicted molar refractivity (Wildman–Crippen MR) is 105 cm³/mol. The van der Waals surface area contributed by atoms with Crippen molar-refractivity contribution in [2.45, 2.75) is 13.8 Å². The minimum Gasteiger partial charge on any atom is -0.477 e. The smallest absolute Gasteiger partial charge is 0.222 e. The Hall–Kier alpha value is -3.29. The summed E-state index contributed by atoms with van der Waals surface area (Å²) in [6.07, 6.45) is 3.12. The van der Waals surface area contributed by atoms with Crippen molar-refractivity contribution in [2.75, 3.05) is 25.5 Å². The number of aliphatic imine (C=N–C) groups is 1. The Bertz CT molecular complexity index is 817. The highest BCUT2D eigenvalue weighted by molar-refractivity contribution is 5.96. The lowest BCUT2D eigenvalue weighted by molar-refractivity contribution is 0.328. The Labute approximate surface area is 152 Å². The van der Waals surface area contributed by atoms with Crippen molar-refractivity contribution in [2.24, 2.45) is 4.99 Å². The van der Waals surface area contributed by atoms with Crippen LogP contribution in [0.15, 0.2) is 35.5 Å². The van der Waals surface area contributed by atoms with E-state index in [1.165, 1.54) is 6.34 Å². The van der Waals surface area contributed by atoms with E-state index in [0.717, 1.165) is 11.3 Å². The topological polar surface area (TPSA) is 119 Å². The zero-order chi connectivity index (χ0) is 18.9. The number of ether oxygens (including phenoxy) is 1. The van der Waals surface area contributed by atoms with E-state index >= 15 is 0 Å². The molecule has 0 radical (unpaired) electrons. The van der Waals surface area contributed by atoms with Gasteiger partial charge in [-0.3, -0.25) is 5.41 Å². The van der Waals surface area contributed by atoms with E-state index in [1.807, 2.05) is 25.1 Å². The number of aromatic nitrogens is 2. The molecule has 0 atom stereocenters. The van der Waals surface area contributed by atoms with Gasteiger partial charge in [0.05, 0.1) is 42.2 Å². The number of hydrogen-bond acceptors (Lipinski definition) is 6. The molecule has 2 aromatic rings. The van der Waals surface area contributed by atoms with E-state index in [9.17, 15) is 0 Å². The van der Waals surface area contributed by atoms with E-state index in [4.69, 9.17) is 15.6 Å². The van der Waals surface area contributed by atoms with E-state index in [1.54, 1.807) is 26.2 Å². The predicted octanol–water partition coefficient (Wildman–Crippen LogP) is 2.57. The second-order valence-corrected chi connectivity index (χ2v) is 5.39. The van der Waals surface area contributed by atoms with Crippen molar-refractivity contribution >= 4 is 23.6 Å². The summed E-state index contributed by atoms with van der Waals surface area (Å²) in [6, 6.07) is 7.32. The Morgan fingerprint density at radius 2 is 2.15 bits per heavy atom. The number of hydrogen-bond donors (Lipinski definition) is 4. The Morgan fingerprint density at radius 3 is 2.85 bits per heavy atom. The van der Waals surface area contributed by atoms with Crippen LogP contribution < -0.4 is 15.4 Å². The minimum atomic E-state index is 0.183. The van der Waals surface area contributed by atoms with Gasteiger partial charge >= 0.3 is 0 Å². The molecule has 8 nitrogen and oxygen atoms in total. The van der Waals surface area contributed by atoms with Crippen molar-refractivity contribution in [1.82, 2.24) is 15.3 Å². The van der Waals surface area contributed by atoms with Crippen LogP contribution in [-0.4, -0.2) is 48.1 Å². The van der Waals surface area contributed by atoms with Crippen LogP contribution in [0, 0.1) is 10.8 Å². The quantitative estimate of drug-likeness (QED) is 0.429. The second-order valence-electron chi connectivity index (χ2n) is 5.39. The molecule has 0 aromatic carbocycles. The van der Waals surface area contributed by atoms with Gasteiger partial charge in [-0.1, -0.05) is 0 Å². The van der Waals surface area contributed by atoms with Gasteiger partial charge in [-0.25, -0.2) is 15.0 Å². The first-order valence-electron chi connectivity index (χ1n) is 8.22. The molecule has 136 valence electrons. The Morgan fingerprint density at radius 1 is 1.35 bits per heavy atom. The summed E-state index contributed by atoms with van der Waals surface area (Å²) in [5.41, 5.74) is 3.04. The van der Waals surface area contributed by atoms with Gasteiger partial charge in [-0.05, 0) is 38.1 Å². The fourth-order valence-electron chi connectivity index (χ4n) is 2.17. The molecule has 0 saturated carbocycles. The number of amidine groups is 1. The fraction of sp³-hybridized carbons (Fsp3) is 0.278. The summed E-state index contributed by atoms with van der Waals surface area (Å²) in [6.45, 7) is 4.33. The summed E-state index contributed by atoms with van der Waals surface area (Å²) >= 11 is 0. The maximum atomic E-state index is 7.92.